The monoisotopic (exact) mass is 408 g/mol. The van der Waals surface area contributed by atoms with E-state index in [1.54, 1.807) is 24.3 Å². The second-order valence-corrected chi connectivity index (χ2v) is 8.11. The molecule has 0 aliphatic rings. The third-order valence-corrected chi connectivity index (χ3v) is 6.31. The van der Waals surface area contributed by atoms with E-state index in [-0.39, 0.29) is 0 Å². The lowest BCUT2D eigenvalue weighted by atomic mass is 10.0. The van der Waals surface area contributed by atoms with Crippen LogP contribution >= 0.6 is 11.8 Å². The molecule has 2 aromatic carbocycles. The molecule has 0 bridgehead atoms. The summed E-state index contributed by atoms with van der Waals surface area (Å²) in [6, 6.07) is 7.85. The van der Waals surface area contributed by atoms with E-state index >= 15 is 0 Å². The minimum Gasteiger partial charge on any atom is -0.388 e. The highest BCUT2D eigenvalue weighted by molar-refractivity contribution is 7.99. The molecule has 5 heteroatoms. The van der Waals surface area contributed by atoms with Gasteiger partial charge in [-0.3, -0.25) is 0 Å². The maximum atomic E-state index is 8.92. The topological polar surface area (TPSA) is 66.0 Å². The van der Waals surface area contributed by atoms with Crippen molar-refractivity contribution < 1.29 is 9.47 Å². The summed E-state index contributed by atoms with van der Waals surface area (Å²) in [6.07, 6.45) is 9.86. The molecule has 0 saturated carbocycles. The molecule has 0 aliphatic carbocycles. The van der Waals surface area contributed by atoms with Crippen LogP contribution in [0.1, 0.15) is 61.8 Å². The first-order chi connectivity index (χ1) is 14.1. The van der Waals surface area contributed by atoms with E-state index in [4.69, 9.17) is 20.0 Å². The Morgan fingerprint density at radius 2 is 1.17 bits per heavy atom. The summed E-state index contributed by atoms with van der Waals surface area (Å²) < 4.78 is 10.3. The Balaban J connectivity index is 2.49. The number of benzene rings is 2. The molecule has 4 nitrogen and oxygen atoms in total. The van der Waals surface area contributed by atoms with Gasteiger partial charge in [-0.2, -0.15) is 0 Å². The van der Waals surface area contributed by atoms with Gasteiger partial charge in [0.15, 0.2) is 0 Å². The second kappa shape index (κ2) is 11.4. The van der Waals surface area contributed by atoms with Crippen molar-refractivity contribution in [3.8, 4) is 24.0 Å². The standard InChI is InChI=1S/C24H28N2O2S/c1-5-7-9-19-17(3)21(27-15-25)11-13-23(19)29-24-14-12-22(28-16-26)18(4)20(24)10-8-6-2/h11-14H,5-10H2,1-4H3. The number of rotatable bonds is 10. The van der Waals surface area contributed by atoms with E-state index in [1.807, 2.05) is 38.1 Å². The SMILES string of the molecule is CCCCc1c(Sc2ccc(OC#N)c(C)c2CCCC)ccc(OC#N)c1C. The lowest BCUT2D eigenvalue weighted by Gasteiger charge is -2.18. The van der Waals surface area contributed by atoms with Crippen LogP contribution in [0.2, 0.25) is 0 Å². The predicted octanol–water partition coefficient (Wildman–Crippen LogP) is 6.86. The highest BCUT2D eigenvalue weighted by Crippen LogP contribution is 2.40. The first-order valence-electron chi connectivity index (χ1n) is 10.1. The fourth-order valence-electron chi connectivity index (χ4n) is 3.38. The molecule has 0 radical (unpaired) electrons. The molecule has 0 aliphatic heterocycles. The quantitative estimate of drug-likeness (QED) is 0.402. The van der Waals surface area contributed by atoms with Crippen LogP contribution in [0.5, 0.6) is 11.5 Å². The van der Waals surface area contributed by atoms with Gasteiger partial charge in [0.25, 0.3) is 12.5 Å². The zero-order valence-corrected chi connectivity index (χ0v) is 18.5. The highest BCUT2D eigenvalue weighted by atomic mass is 32.2. The summed E-state index contributed by atoms with van der Waals surface area (Å²) in [7, 11) is 0. The summed E-state index contributed by atoms with van der Waals surface area (Å²) >= 11 is 1.75. The second-order valence-electron chi connectivity index (χ2n) is 7.03. The van der Waals surface area contributed by atoms with Crippen molar-refractivity contribution in [1.29, 1.82) is 10.5 Å². The number of unbranched alkanes of at least 4 members (excludes halogenated alkanes) is 2. The molecule has 0 N–H and O–H groups in total. The normalized spacial score (nSPS) is 10.3. The number of hydrogen-bond donors (Lipinski definition) is 0. The Hall–Kier alpha value is -2.63. The van der Waals surface area contributed by atoms with Crippen molar-refractivity contribution >= 4 is 11.8 Å². The zero-order chi connectivity index (χ0) is 21.2. The molecule has 0 aromatic heterocycles. The zero-order valence-electron chi connectivity index (χ0n) is 17.7. The summed E-state index contributed by atoms with van der Waals surface area (Å²) in [5, 5.41) is 17.8. The third-order valence-electron chi connectivity index (χ3n) is 5.10. The summed E-state index contributed by atoms with van der Waals surface area (Å²) in [6.45, 7) is 8.40. The van der Waals surface area contributed by atoms with Gasteiger partial charge in [0, 0.05) is 9.79 Å². The molecule has 2 aromatic rings. The van der Waals surface area contributed by atoms with Gasteiger partial charge in [-0.15, -0.1) is 10.5 Å². The Bertz CT molecular complexity index is 850. The molecule has 0 heterocycles. The highest BCUT2D eigenvalue weighted by Gasteiger charge is 2.16. The minimum absolute atomic E-state index is 0.628. The maximum absolute atomic E-state index is 8.92. The van der Waals surface area contributed by atoms with Crippen molar-refractivity contribution in [3.63, 3.8) is 0 Å². The van der Waals surface area contributed by atoms with Gasteiger partial charge in [-0.25, -0.2) is 0 Å². The average molecular weight is 409 g/mol. The molecule has 0 amide bonds. The number of nitrogens with zero attached hydrogens (tertiary/aromatic N) is 2. The van der Waals surface area contributed by atoms with Gasteiger partial charge >= 0.3 is 0 Å². The Morgan fingerprint density at radius 3 is 1.52 bits per heavy atom. The van der Waals surface area contributed by atoms with Crippen LogP contribution in [-0.2, 0) is 12.8 Å². The first-order valence-corrected chi connectivity index (χ1v) is 10.9. The molecule has 2 rings (SSSR count). The minimum atomic E-state index is 0.628. The van der Waals surface area contributed by atoms with Crippen molar-refractivity contribution in [2.75, 3.05) is 0 Å². The molecule has 0 spiro atoms. The van der Waals surface area contributed by atoms with Crippen molar-refractivity contribution in [2.24, 2.45) is 0 Å². The number of ether oxygens (including phenoxy) is 2. The van der Waals surface area contributed by atoms with Gasteiger partial charge in [0.1, 0.15) is 11.5 Å². The summed E-state index contributed by atoms with van der Waals surface area (Å²) in [5.41, 5.74) is 4.53. The van der Waals surface area contributed by atoms with Crippen LogP contribution < -0.4 is 9.47 Å². The average Bonchev–Trinajstić information content (AvgIpc) is 2.71. The molecular weight excluding hydrogens is 380 g/mol. The van der Waals surface area contributed by atoms with Crippen LogP contribution in [0, 0.1) is 36.9 Å². The predicted molar refractivity (Wildman–Crippen MR) is 116 cm³/mol. The molecule has 0 fully saturated rings. The molecule has 0 atom stereocenters. The van der Waals surface area contributed by atoms with E-state index in [2.05, 4.69) is 13.8 Å². The molecule has 0 unspecified atom stereocenters. The molecule has 29 heavy (non-hydrogen) atoms. The smallest absolute Gasteiger partial charge is 0.292 e. The van der Waals surface area contributed by atoms with E-state index in [0.29, 0.717) is 11.5 Å². The lowest BCUT2D eigenvalue weighted by Crippen LogP contribution is -1.99. The van der Waals surface area contributed by atoms with Gasteiger partial charge < -0.3 is 9.47 Å². The van der Waals surface area contributed by atoms with E-state index in [0.717, 1.165) is 49.7 Å². The van der Waals surface area contributed by atoms with Crippen LogP contribution in [0.15, 0.2) is 34.1 Å². The van der Waals surface area contributed by atoms with Crippen LogP contribution in [-0.4, -0.2) is 0 Å². The van der Waals surface area contributed by atoms with Crippen molar-refractivity contribution in [1.82, 2.24) is 0 Å². The van der Waals surface area contributed by atoms with E-state index in [9.17, 15) is 0 Å². The van der Waals surface area contributed by atoms with Gasteiger partial charge in [-0.1, -0.05) is 38.5 Å². The van der Waals surface area contributed by atoms with Crippen molar-refractivity contribution in [2.45, 2.75) is 76.0 Å². The van der Waals surface area contributed by atoms with Gasteiger partial charge in [-0.05, 0) is 86.1 Å². The van der Waals surface area contributed by atoms with Gasteiger partial charge in [0.05, 0.1) is 0 Å². The summed E-state index contributed by atoms with van der Waals surface area (Å²) in [4.78, 5) is 2.37. The Kier molecular flexibility index (Phi) is 8.90. The fourth-order valence-corrected chi connectivity index (χ4v) is 4.64. The van der Waals surface area contributed by atoms with Gasteiger partial charge in [0.2, 0.25) is 0 Å². The molecular formula is C24H28N2O2S. The number of nitriles is 2. The van der Waals surface area contributed by atoms with Crippen LogP contribution in [0.3, 0.4) is 0 Å². The Labute approximate surface area is 178 Å². The summed E-state index contributed by atoms with van der Waals surface area (Å²) in [5.74, 6) is 1.26. The van der Waals surface area contributed by atoms with Crippen molar-refractivity contribution in [3.05, 3.63) is 46.5 Å². The third kappa shape index (κ3) is 5.68. The fraction of sp³-hybridized carbons (Fsp3) is 0.417. The largest absolute Gasteiger partial charge is 0.388 e. The first kappa shape index (κ1) is 22.7. The van der Waals surface area contributed by atoms with E-state index < -0.39 is 0 Å². The van der Waals surface area contributed by atoms with E-state index in [1.165, 1.54) is 20.9 Å². The van der Waals surface area contributed by atoms with Crippen LogP contribution in [0.25, 0.3) is 0 Å². The lowest BCUT2D eigenvalue weighted by molar-refractivity contribution is 0.501. The maximum Gasteiger partial charge on any atom is 0.292 e. The Morgan fingerprint density at radius 1 is 0.759 bits per heavy atom. The molecule has 0 saturated heterocycles. The number of hydrogen-bond acceptors (Lipinski definition) is 5. The molecule has 152 valence electrons. The van der Waals surface area contributed by atoms with Crippen LogP contribution in [0.4, 0.5) is 0 Å².